The molecule has 4 rings (SSSR count). The van der Waals surface area contributed by atoms with Crippen LogP contribution in [0.5, 0.6) is 17.2 Å². The largest absolute Gasteiger partial charge is 0.493 e. The number of rotatable bonds is 10. The molecular formula is C27H32N2O4S. The second kappa shape index (κ2) is 11.5. The van der Waals surface area contributed by atoms with Crippen LogP contribution in [0, 0.1) is 5.92 Å². The van der Waals surface area contributed by atoms with Crippen molar-refractivity contribution in [3.8, 4) is 17.2 Å². The Morgan fingerprint density at radius 2 is 1.59 bits per heavy atom. The van der Waals surface area contributed by atoms with Crippen LogP contribution >= 0.6 is 0 Å². The van der Waals surface area contributed by atoms with E-state index in [1.807, 2.05) is 78.9 Å². The summed E-state index contributed by atoms with van der Waals surface area (Å²) in [6.07, 6.45) is 2.48. The van der Waals surface area contributed by atoms with Crippen LogP contribution in [0.2, 0.25) is 0 Å². The van der Waals surface area contributed by atoms with Gasteiger partial charge in [0.1, 0.15) is 5.75 Å². The number of methoxy groups -OCH3 is 1. The molecule has 0 bridgehead atoms. The van der Waals surface area contributed by atoms with Gasteiger partial charge in [0.15, 0.2) is 11.5 Å². The van der Waals surface area contributed by atoms with Crippen molar-refractivity contribution in [2.75, 3.05) is 20.2 Å². The molecule has 2 N–H and O–H groups in total. The molecule has 6 nitrogen and oxygen atoms in total. The van der Waals surface area contributed by atoms with Crippen LogP contribution in [0.3, 0.4) is 0 Å². The molecule has 0 spiro atoms. The molecule has 1 saturated heterocycles. The van der Waals surface area contributed by atoms with Crippen LogP contribution in [0.4, 0.5) is 0 Å². The summed E-state index contributed by atoms with van der Waals surface area (Å²) in [5, 5.41) is 3.37. The van der Waals surface area contributed by atoms with Crippen LogP contribution in [-0.4, -0.2) is 34.7 Å². The van der Waals surface area contributed by atoms with Crippen molar-refractivity contribution in [2.45, 2.75) is 31.1 Å². The highest BCUT2D eigenvalue weighted by Crippen LogP contribution is 2.31. The summed E-state index contributed by atoms with van der Waals surface area (Å²) in [4.78, 5) is 0. The van der Waals surface area contributed by atoms with Crippen LogP contribution in [0.1, 0.15) is 24.0 Å². The van der Waals surface area contributed by atoms with Crippen LogP contribution in [0.15, 0.2) is 78.9 Å². The maximum absolute atomic E-state index is 13.1. The number of piperidine rings is 1. The van der Waals surface area contributed by atoms with Crippen molar-refractivity contribution in [3.63, 3.8) is 0 Å². The molecule has 1 heterocycles. The van der Waals surface area contributed by atoms with Crippen molar-refractivity contribution in [1.29, 1.82) is 0 Å². The zero-order valence-corrected chi connectivity index (χ0v) is 20.3. The van der Waals surface area contributed by atoms with E-state index in [9.17, 15) is 8.42 Å². The number of hydrogen-bond donors (Lipinski definition) is 2. The summed E-state index contributed by atoms with van der Waals surface area (Å²) in [7, 11) is -1.87. The van der Waals surface area contributed by atoms with Crippen LogP contribution in [-0.2, 0) is 22.2 Å². The molecule has 1 atom stereocenters. The quantitative estimate of drug-likeness (QED) is 0.446. The van der Waals surface area contributed by atoms with Gasteiger partial charge in [-0.1, -0.05) is 54.6 Å². The van der Waals surface area contributed by atoms with Gasteiger partial charge < -0.3 is 14.8 Å². The summed E-state index contributed by atoms with van der Waals surface area (Å²) in [5.41, 5.74) is 1.81. The zero-order valence-electron chi connectivity index (χ0n) is 19.4. The first-order valence-corrected chi connectivity index (χ1v) is 13.3. The first-order chi connectivity index (χ1) is 16.5. The zero-order chi connectivity index (χ0) is 23.8. The lowest BCUT2D eigenvalue weighted by atomic mass is 9.87. The monoisotopic (exact) mass is 480 g/mol. The third-order valence-electron chi connectivity index (χ3n) is 6.13. The first kappa shape index (κ1) is 24.3. The van der Waals surface area contributed by atoms with E-state index in [0.717, 1.165) is 37.1 Å². The molecule has 3 aromatic rings. The van der Waals surface area contributed by atoms with E-state index in [1.54, 1.807) is 7.11 Å². The Labute approximate surface area is 202 Å². The minimum absolute atomic E-state index is 0.0216. The van der Waals surface area contributed by atoms with Gasteiger partial charge in [0.25, 0.3) is 0 Å². The second-order valence-electron chi connectivity index (χ2n) is 8.66. The van der Waals surface area contributed by atoms with Crippen molar-refractivity contribution >= 4 is 10.0 Å². The van der Waals surface area contributed by atoms with Gasteiger partial charge in [-0.2, -0.15) is 0 Å². The lowest BCUT2D eigenvalue weighted by molar-refractivity contribution is 0.301. The van der Waals surface area contributed by atoms with Gasteiger partial charge in [-0.15, -0.1) is 0 Å². The highest BCUT2D eigenvalue weighted by molar-refractivity contribution is 7.88. The van der Waals surface area contributed by atoms with Crippen molar-refractivity contribution in [3.05, 3.63) is 90.0 Å². The van der Waals surface area contributed by atoms with E-state index < -0.39 is 10.0 Å². The molecule has 180 valence electrons. The van der Waals surface area contributed by atoms with Gasteiger partial charge in [0.2, 0.25) is 10.0 Å². The van der Waals surface area contributed by atoms with Crippen LogP contribution < -0.4 is 19.5 Å². The molecule has 3 aromatic carbocycles. The molecule has 0 aromatic heterocycles. The molecule has 0 saturated carbocycles. The Morgan fingerprint density at radius 1 is 0.912 bits per heavy atom. The SMILES string of the molecule is COc1ccccc1Oc1cccc(CC(NS(=O)(=O)Cc2ccccc2)C2CCNCC2)c1. The van der Waals surface area contributed by atoms with E-state index in [4.69, 9.17) is 9.47 Å². The number of ether oxygens (including phenoxy) is 2. The molecule has 1 unspecified atom stereocenters. The summed E-state index contributed by atoms with van der Waals surface area (Å²) in [6, 6.07) is 24.5. The average Bonchev–Trinajstić information content (AvgIpc) is 2.85. The van der Waals surface area contributed by atoms with Gasteiger partial charge >= 0.3 is 0 Å². The fourth-order valence-corrected chi connectivity index (χ4v) is 5.89. The Kier molecular flexibility index (Phi) is 8.21. The summed E-state index contributed by atoms with van der Waals surface area (Å²) in [6.45, 7) is 1.80. The fraction of sp³-hybridized carbons (Fsp3) is 0.333. The topological polar surface area (TPSA) is 76.7 Å². The average molecular weight is 481 g/mol. The number of hydrogen-bond acceptors (Lipinski definition) is 5. The molecule has 34 heavy (non-hydrogen) atoms. The van der Waals surface area contributed by atoms with Gasteiger partial charge in [-0.05, 0) is 73.7 Å². The van der Waals surface area contributed by atoms with Gasteiger partial charge in [-0.3, -0.25) is 0 Å². The minimum atomic E-state index is -3.49. The Balaban J connectivity index is 1.51. The van der Waals surface area contributed by atoms with Gasteiger partial charge in [0.05, 0.1) is 12.9 Å². The summed E-state index contributed by atoms with van der Waals surface area (Å²) in [5.74, 6) is 2.24. The molecule has 1 fully saturated rings. The molecule has 1 aliphatic heterocycles. The Hall–Kier alpha value is -2.87. The lowest BCUT2D eigenvalue weighted by Gasteiger charge is -2.31. The van der Waals surface area contributed by atoms with E-state index in [0.29, 0.717) is 23.7 Å². The lowest BCUT2D eigenvalue weighted by Crippen LogP contribution is -2.45. The van der Waals surface area contributed by atoms with Gasteiger partial charge in [0, 0.05) is 6.04 Å². The number of sulfonamides is 1. The Morgan fingerprint density at radius 3 is 2.32 bits per heavy atom. The highest BCUT2D eigenvalue weighted by Gasteiger charge is 2.28. The molecule has 1 aliphatic rings. The number of nitrogens with one attached hydrogen (secondary N) is 2. The smallest absolute Gasteiger partial charge is 0.216 e. The first-order valence-electron chi connectivity index (χ1n) is 11.7. The number of para-hydroxylation sites is 2. The van der Waals surface area contributed by atoms with Crippen molar-refractivity contribution in [1.82, 2.24) is 10.0 Å². The van der Waals surface area contributed by atoms with E-state index in [-0.39, 0.29) is 17.7 Å². The number of benzene rings is 3. The molecule has 0 aliphatic carbocycles. The second-order valence-corrected chi connectivity index (χ2v) is 10.4. The Bertz CT molecular complexity index is 1160. The van der Waals surface area contributed by atoms with Crippen molar-refractivity contribution in [2.24, 2.45) is 5.92 Å². The molecule has 0 amide bonds. The standard InChI is InChI=1S/C27H32N2O4S/c1-32-26-12-5-6-13-27(26)33-24-11-7-10-22(18-24)19-25(23-14-16-28-17-15-23)29-34(30,31)20-21-8-3-2-4-9-21/h2-13,18,23,25,28-29H,14-17,19-20H2,1H3. The highest BCUT2D eigenvalue weighted by atomic mass is 32.2. The third-order valence-corrected chi connectivity index (χ3v) is 7.51. The molecular weight excluding hydrogens is 448 g/mol. The van der Waals surface area contributed by atoms with Crippen molar-refractivity contribution < 1.29 is 17.9 Å². The normalized spacial score (nSPS) is 15.6. The van der Waals surface area contributed by atoms with Crippen LogP contribution in [0.25, 0.3) is 0 Å². The van der Waals surface area contributed by atoms with E-state index in [1.165, 1.54) is 0 Å². The predicted molar refractivity (Wildman–Crippen MR) is 135 cm³/mol. The maximum Gasteiger partial charge on any atom is 0.216 e. The van der Waals surface area contributed by atoms with E-state index >= 15 is 0 Å². The summed E-state index contributed by atoms with van der Waals surface area (Å²) >= 11 is 0. The van der Waals surface area contributed by atoms with E-state index in [2.05, 4.69) is 10.0 Å². The van der Waals surface area contributed by atoms with Gasteiger partial charge in [-0.25, -0.2) is 13.1 Å². The molecule has 7 heteroatoms. The predicted octanol–water partition coefficient (Wildman–Crippen LogP) is 4.52. The minimum Gasteiger partial charge on any atom is -0.493 e. The molecule has 0 radical (unpaired) electrons. The maximum atomic E-state index is 13.1. The third kappa shape index (κ3) is 6.82. The fourth-order valence-electron chi connectivity index (χ4n) is 4.44. The summed E-state index contributed by atoms with van der Waals surface area (Å²) < 4.78 is 40.6.